The van der Waals surface area contributed by atoms with E-state index in [1.165, 1.54) is 16.2 Å². The molecule has 0 spiro atoms. The molecule has 21 heavy (non-hydrogen) atoms. The van der Waals surface area contributed by atoms with Crippen molar-refractivity contribution in [2.75, 3.05) is 38.8 Å². The van der Waals surface area contributed by atoms with Gasteiger partial charge in [-0.1, -0.05) is 20.8 Å². The van der Waals surface area contributed by atoms with Crippen LogP contribution in [0.5, 0.6) is 0 Å². The number of hydrogen-bond acceptors (Lipinski definition) is 5. The summed E-state index contributed by atoms with van der Waals surface area (Å²) in [5, 5.41) is 3.93. The molecule has 0 bridgehead atoms. The molecule has 1 aromatic heterocycles. The second kappa shape index (κ2) is 8.00. The third-order valence-electron chi connectivity index (χ3n) is 2.90. The average Bonchev–Trinajstić information content (AvgIpc) is 2.78. The van der Waals surface area contributed by atoms with Gasteiger partial charge in [0, 0.05) is 37.5 Å². The third-order valence-corrected chi connectivity index (χ3v) is 4.07. The van der Waals surface area contributed by atoms with Gasteiger partial charge in [0.05, 0.1) is 18.8 Å². The predicted octanol–water partition coefficient (Wildman–Crippen LogP) is 2.88. The number of nitrogens with one attached hydrogen (secondary N) is 1. The van der Waals surface area contributed by atoms with Gasteiger partial charge >= 0.3 is 0 Å². The highest BCUT2D eigenvalue weighted by Gasteiger charge is 2.24. The van der Waals surface area contributed by atoms with Gasteiger partial charge in [-0.25, -0.2) is 13.8 Å². The first-order chi connectivity index (χ1) is 9.75. The van der Waals surface area contributed by atoms with Crippen molar-refractivity contribution in [2.24, 2.45) is 0 Å². The number of ether oxygens (including phenoxy) is 1. The fourth-order valence-electron chi connectivity index (χ4n) is 1.87. The van der Waals surface area contributed by atoms with Crippen LogP contribution < -0.4 is 10.2 Å². The zero-order valence-electron chi connectivity index (χ0n) is 13.4. The van der Waals surface area contributed by atoms with Crippen LogP contribution in [0, 0.1) is 0 Å². The van der Waals surface area contributed by atoms with Crippen molar-refractivity contribution >= 4 is 16.5 Å². The molecule has 0 atom stereocenters. The molecule has 122 valence electrons. The summed E-state index contributed by atoms with van der Waals surface area (Å²) in [4.78, 5) is 7.18. The molecule has 0 saturated carbocycles. The molecule has 0 amide bonds. The van der Waals surface area contributed by atoms with Crippen molar-refractivity contribution in [3.05, 3.63) is 10.6 Å². The van der Waals surface area contributed by atoms with Gasteiger partial charge in [-0.2, -0.15) is 0 Å². The number of methoxy groups -OCH3 is 1. The fourth-order valence-corrected chi connectivity index (χ4v) is 3.08. The van der Waals surface area contributed by atoms with E-state index < -0.39 is 6.43 Å². The van der Waals surface area contributed by atoms with E-state index >= 15 is 0 Å². The average molecular weight is 321 g/mol. The molecule has 0 unspecified atom stereocenters. The molecule has 1 N–H and O–H groups in total. The smallest absolute Gasteiger partial charge is 0.255 e. The zero-order chi connectivity index (χ0) is 16.0. The molecule has 0 radical (unpaired) electrons. The van der Waals surface area contributed by atoms with Crippen molar-refractivity contribution in [3.8, 4) is 0 Å². The Kier molecular flexibility index (Phi) is 6.96. The summed E-state index contributed by atoms with van der Waals surface area (Å²) >= 11 is 1.47. The largest absolute Gasteiger partial charge is 0.383 e. The Morgan fingerprint density at radius 2 is 2.05 bits per heavy atom. The monoisotopic (exact) mass is 321 g/mol. The SMILES string of the molecule is COCCNCc1sc(N(C)CC(F)F)nc1C(C)(C)C. The molecule has 1 heterocycles. The predicted molar refractivity (Wildman–Crippen MR) is 83.7 cm³/mol. The van der Waals surface area contributed by atoms with Crippen molar-refractivity contribution in [1.82, 2.24) is 10.3 Å². The topological polar surface area (TPSA) is 37.4 Å². The molecule has 0 aliphatic heterocycles. The van der Waals surface area contributed by atoms with Crippen LogP contribution in [0.2, 0.25) is 0 Å². The van der Waals surface area contributed by atoms with Crippen LogP contribution in [0.4, 0.5) is 13.9 Å². The Morgan fingerprint density at radius 1 is 1.38 bits per heavy atom. The van der Waals surface area contributed by atoms with Crippen LogP contribution in [0.1, 0.15) is 31.3 Å². The Morgan fingerprint density at radius 3 is 2.57 bits per heavy atom. The van der Waals surface area contributed by atoms with Gasteiger partial charge in [-0.15, -0.1) is 11.3 Å². The first-order valence-electron chi connectivity index (χ1n) is 6.94. The van der Waals surface area contributed by atoms with Crippen molar-refractivity contribution in [2.45, 2.75) is 39.2 Å². The van der Waals surface area contributed by atoms with Gasteiger partial charge < -0.3 is 15.0 Å². The van der Waals surface area contributed by atoms with Gasteiger partial charge in [-0.05, 0) is 0 Å². The minimum Gasteiger partial charge on any atom is -0.383 e. The van der Waals surface area contributed by atoms with Crippen LogP contribution in [0.15, 0.2) is 0 Å². The lowest BCUT2D eigenvalue weighted by molar-refractivity contribution is 0.156. The highest BCUT2D eigenvalue weighted by atomic mass is 32.1. The molecule has 0 saturated heterocycles. The van der Waals surface area contributed by atoms with Crippen LogP contribution >= 0.6 is 11.3 Å². The number of anilines is 1. The number of halogens is 2. The number of hydrogen-bond donors (Lipinski definition) is 1. The summed E-state index contributed by atoms with van der Waals surface area (Å²) < 4.78 is 30.0. The van der Waals surface area contributed by atoms with Gasteiger partial charge in [0.25, 0.3) is 6.43 Å². The molecular formula is C14H25F2N3OS. The maximum absolute atomic E-state index is 12.5. The second-order valence-electron chi connectivity index (χ2n) is 5.96. The summed E-state index contributed by atoms with van der Waals surface area (Å²) in [6.45, 7) is 8.01. The van der Waals surface area contributed by atoms with Crippen molar-refractivity contribution in [3.63, 3.8) is 0 Å². The minimum absolute atomic E-state index is 0.112. The number of nitrogens with zero attached hydrogens (tertiary/aromatic N) is 2. The maximum atomic E-state index is 12.5. The first kappa shape index (κ1) is 18.3. The Labute approximate surface area is 129 Å². The third kappa shape index (κ3) is 5.84. The van der Waals surface area contributed by atoms with Gasteiger partial charge in [0.2, 0.25) is 0 Å². The Balaban J connectivity index is 2.86. The lowest BCUT2D eigenvalue weighted by Crippen LogP contribution is -2.24. The molecule has 0 aliphatic rings. The normalized spacial score (nSPS) is 12.2. The highest BCUT2D eigenvalue weighted by molar-refractivity contribution is 7.15. The maximum Gasteiger partial charge on any atom is 0.255 e. The van der Waals surface area contributed by atoms with Crippen LogP contribution in [-0.2, 0) is 16.7 Å². The van der Waals surface area contributed by atoms with E-state index in [2.05, 4.69) is 31.1 Å². The lowest BCUT2D eigenvalue weighted by Gasteiger charge is -2.18. The summed E-state index contributed by atoms with van der Waals surface area (Å²) in [6.07, 6.45) is -2.36. The van der Waals surface area contributed by atoms with Crippen LogP contribution in [0.25, 0.3) is 0 Å². The molecule has 0 aliphatic carbocycles. The number of thiazole rings is 1. The van der Waals surface area contributed by atoms with E-state index in [-0.39, 0.29) is 12.0 Å². The van der Waals surface area contributed by atoms with E-state index in [9.17, 15) is 8.78 Å². The van der Waals surface area contributed by atoms with Crippen LogP contribution in [0.3, 0.4) is 0 Å². The molecule has 1 rings (SSSR count). The Bertz CT molecular complexity index is 432. The van der Waals surface area contributed by atoms with E-state index in [0.717, 1.165) is 17.1 Å². The Hall–Kier alpha value is -0.790. The van der Waals surface area contributed by atoms with E-state index in [4.69, 9.17) is 4.74 Å². The standard InChI is InChI=1S/C14H25F2N3OS/c1-14(2,3)12-10(8-17-6-7-20-5)21-13(18-12)19(4)9-11(15)16/h11,17H,6-9H2,1-5H3. The molecule has 4 nitrogen and oxygen atoms in total. The summed E-state index contributed by atoms with van der Waals surface area (Å²) in [5.41, 5.74) is 0.854. The summed E-state index contributed by atoms with van der Waals surface area (Å²) in [7, 11) is 3.31. The quantitative estimate of drug-likeness (QED) is 0.747. The first-order valence-corrected chi connectivity index (χ1v) is 7.76. The molecule has 0 fully saturated rings. The van der Waals surface area contributed by atoms with Gasteiger partial charge in [0.15, 0.2) is 5.13 Å². The van der Waals surface area contributed by atoms with Gasteiger partial charge in [0.1, 0.15) is 0 Å². The lowest BCUT2D eigenvalue weighted by atomic mass is 9.91. The van der Waals surface area contributed by atoms with E-state index in [1.807, 2.05) is 0 Å². The zero-order valence-corrected chi connectivity index (χ0v) is 14.2. The molecule has 0 aromatic carbocycles. The fraction of sp³-hybridized carbons (Fsp3) is 0.786. The summed E-state index contributed by atoms with van der Waals surface area (Å²) in [5.74, 6) is 0. The molecule has 7 heteroatoms. The second-order valence-corrected chi connectivity index (χ2v) is 7.02. The van der Waals surface area contributed by atoms with Crippen molar-refractivity contribution in [1.29, 1.82) is 0 Å². The highest BCUT2D eigenvalue weighted by Crippen LogP contribution is 2.33. The van der Waals surface area contributed by atoms with Crippen molar-refractivity contribution < 1.29 is 13.5 Å². The molecular weight excluding hydrogens is 296 g/mol. The number of alkyl halides is 2. The minimum atomic E-state index is -2.36. The molecule has 1 aromatic rings. The van der Waals surface area contributed by atoms with Crippen LogP contribution in [-0.4, -0.2) is 45.3 Å². The number of rotatable bonds is 8. The number of aromatic nitrogens is 1. The van der Waals surface area contributed by atoms with Gasteiger partial charge in [-0.3, -0.25) is 0 Å². The van der Waals surface area contributed by atoms with E-state index in [0.29, 0.717) is 18.3 Å². The summed E-state index contributed by atoms with van der Waals surface area (Å²) in [6, 6.07) is 0. The van der Waals surface area contributed by atoms with E-state index in [1.54, 1.807) is 14.2 Å².